The molecule has 4 aliphatic heterocycles. The largest absolute Gasteiger partial charge is 0.325 e. The lowest BCUT2D eigenvalue weighted by atomic mass is 9.60. The number of hydrogen-bond acceptors (Lipinski definition) is 6. The van der Waals surface area contributed by atoms with Gasteiger partial charge in [-0.3, -0.25) is 29.2 Å². The van der Waals surface area contributed by atoms with Gasteiger partial charge in [0.25, 0.3) is 11.8 Å². The number of carbonyl (C=O) groups is 4. The molecule has 4 rings (SSSR count). The summed E-state index contributed by atoms with van der Waals surface area (Å²) in [5.74, 6) is -0.442. The topological polar surface area (TPSA) is 105 Å². The molecule has 0 saturated carbocycles. The summed E-state index contributed by atoms with van der Waals surface area (Å²) in [5, 5.41) is 6.33. The highest BCUT2D eigenvalue weighted by Crippen LogP contribution is 2.52. The van der Waals surface area contributed by atoms with Crippen LogP contribution in [-0.4, -0.2) is 104 Å². The molecule has 2 N–H and O–H groups in total. The molecule has 4 saturated heterocycles. The molecular formula is C34H60N6O4. The first-order chi connectivity index (χ1) is 20.3. The van der Waals surface area contributed by atoms with E-state index in [2.05, 4.69) is 104 Å². The van der Waals surface area contributed by atoms with Gasteiger partial charge < -0.3 is 10.6 Å². The molecule has 2 spiro atoms. The SMILES string of the molecule is CCC1(C)CC2(NC(=O)N(CCCCN3C(=O)NC4(CC(C)(CC)N(C)C(C)(CC)C4C)C3=O)C2=O)C(C)C(C)(CC)N1C. The van der Waals surface area contributed by atoms with Gasteiger partial charge in [-0.2, -0.15) is 0 Å². The molecule has 44 heavy (non-hydrogen) atoms. The molecule has 0 radical (unpaired) electrons. The highest BCUT2D eigenvalue weighted by atomic mass is 16.2. The molecule has 6 amide bonds. The summed E-state index contributed by atoms with van der Waals surface area (Å²) >= 11 is 0. The van der Waals surface area contributed by atoms with Crippen LogP contribution in [0.15, 0.2) is 0 Å². The smallest absolute Gasteiger partial charge is 0.323 e. The molecular weight excluding hydrogens is 556 g/mol. The van der Waals surface area contributed by atoms with E-state index in [1.165, 1.54) is 9.80 Å². The quantitative estimate of drug-likeness (QED) is 0.280. The Balaban J connectivity index is 1.46. The van der Waals surface area contributed by atoms with E-state index >= 15 is 0 Å². The Morgan fingerprint density at radius 1 is 0.614 bits per heavy atom. The maximum atomic E-state index is 14.1. The minimum absolute atomic E-state index is 0.0766. The summed E-state index contributed by atoms with van der Waals surface area (Å²) in [6.07, 6.45) is 5.63. The zero-order valence-electron chi connectivity index (χ0n) is 29.6. The van der Waals surface area contributed by atoms with E-state index in [1.54, 1.807) is 0 Å². The third kappa shape index (κ3) is 4.55. The normalized spacial score (nSPS) is 43.5. The van der Waals surface area contributed by atoms with Crippen molar-refractivity contribution in [1.29, 1.82) is 0 Å². The average molecular weight is 617 g/mol. The van der Waals surface area contributed by atoms with E-state index in [-0.39, 0.29) is 71.0 Å². The number of nitrogens with zero attached hydrogens (tertiary/aromatic N) is 4. The van der Waals surface area contributed by atoms with Crippen LogP contribution >= 0.6 is 0 Å². The first-order valence-corrected chi connectivity index (χ1v) is 17.1. The van der Waals surface area contributed by atoms with Crippen LogP contribution in [-0.2, 0) is 9.59 Å². The van der Waals surface area contributed by atoms with Crippen LogP contribution in [0.3, 0.4) is 0 Å². The minimum Gasteiger partial charge on any atom is -0.323 e. The predicted molar refractivity (Wildman–Crippen MR) is 173 cm³/mol. The molecule has 0 bridgehead atoms. The number of nitrogens with one attached hydrogen (secondary N) is 2. The van der Waals surface area contributed by atoms with E-state index in [0.717, 1.165) is 25.7 Å². The second-order valence-corrected chi connectivity index (χ2v) is 15.5. The van der Waals surface area contributed by atoms with Gasteiger partial charge in [-0.25, -0.2) is 9.59 Å². The molecule has 0 aliphatic carbocycles. The number of carbonyl (C=O) groups excluding carboxylic acids is 4. The van der Waals surface area contributed by atoms with Gasteiger partial charge in [-0.1, -0.05) is 41.5 Å². The van der Waals surface area contributed by atoms with Crippen LogP contribution in [0, 0.1) is 11.8 Å². The van der Waals surface area contributed by atoms with E-state index < -0.39 is 11.1 Å². The lowest BCUT2D eigenvalue weighted by molar-refractivity contribution is -0.151. The minimum atomic E-state index is -0.946. The van der Waals surface area contributed by atoms with Crippen molar-refractivity contribution < 1.29 is 19.2 Å². The summed E-state index contributed by atoms with van der Waals surface area (Å²) < 4.78 is 0. The first kappa shape index (κ1) is 34.7. The maximum Gasteiger partial charge on any atom is 0.325 e. The van der Waals surface area contributed by atoms with Crippen molar-refractivity contribution in [2.75, 3.05) is 27.2 Å². The number of piperidine rings is 2. The van der Waals surface area contributed by atoms with E-state index in [4.69, 9.17) is 0 Å². The summed E-state index contributed by atoms with van der Waals surface area (Å²) in [5.41, 5.74) is -2.87. The fourth-order valence-electron chi connectivity index (χ4n) is 9.49. The molecule has 4 heterocycles. The number of unbranched alkanes of at least 4 members (excludes halogenated alkanes) is 1. The molecule has 0 aromatic carbocycles. The van der Waals surface area contributed by atoms with E-state index in [0.29, 0.717) is 25.7 Å². The molecule has 8 atom stereocenters. The zero-order chi connectivity index (χ0) is 33.3. The van der Waals surface area contributed by atoms with Gasteiger partial charge in [0, 0.05) is 47.1 Å². The molecule has 4 fully saturated rings. The van der Waals surface area contributed by atoms with Gasteiger partial charge in [-0.05, 0) is 93.2 Å². The predicted octanol–water partition coefficient (Wildman–Crippen LogP) is 4.97. The van der Waals surface area contributed by atoms with Crippen molar-refractivity contribution in [3.05, 3.63) is 0 Å². The number of amides is 6. The molecule has 0 aromatic heterocycles. The number of likely N-dealkylation sites (tertiary alicyclic amines) is 2. The second-order valence-electron chi connectivity index (χ2n) is 15.5. The summed E-state index contributed by atoms with van der Waals surface area (Å²) in [6, 6.07) is -0.676. The van der Waals surface area contributed by atoms with Gasteiger partial charge in [0.1, 0.15) is 11.1 Å². The lowest BCUT2D eigenvalue weighted by Gasteiger charge is -2.62. The van der Waals surface area contributed by atoms with Crippen LogP contribution in [0.4, 0.5) is 9.59 Å². The van der Waals surface area contributed by atoms with Crippen molar-refractivity contribution in [1.82, 2.24) is 30.2 Å². The average Bonchev–Trinajstić information content (AvgIpc) is 3.38. The second kappa shape index (κ2) is 11.2. The van der Waals surface area contributed by atoms with Crippen LogP contribution in [0.5, 0.6) is 0 Å². The van der Waals surface area contributed by atoms with Gasteiger partial charge in [0.05, 0.1) is 0 Å². The van der Waals surface area contributed by atoms with Crippen LogP contribution in [0.25, 0.3) is 0 Å². The highest BCUT2D eigenvalue weighted by molar-refractivity contribution is 6.08. The van der Waals surface area contributed by atoms with Gasteiger partial charge in [-0.15, -0.1) is 0 Å². The Morgan fingerprint density at radius 3 is 1.20 bits per heavy atom. The van der Waals surface area contributed by atoms with Crippen molar-refractivity contribution in [2.45, 2.75) is 154 Å². The van der Waals surface area contributed by atoms with Crippen LogP contribution < -0.4 is 10.6 Å². The van der Waals surface area contributed by atoms with Gasteiger partial charge in [0.2, 0.25) is 0 Å². The van der Waals surface area contributed by atoms with Crippen molar-refractivity contribution >= 4 is 23.9 Å². The third-order valence-electron chi connectivity index (χ3n) is 14.2. The third-order valence-corrected chi connectivity index (χ3v) is 14.2. The molecule has 10 nitrogen and oxygen atoms in total. The first-order valence-electron chi connectivity index (χ1n) is 17.1. The standard InChI is InChI=1S/C34H60N6O4/c1-13-29(7)21-33(23(5)31(9,15-3)37(29)11)25(41)39(27(43)35-33)19-17-18-20-40-26(42)34(36-28(40)44)22-30(8,14-2)38(12)32(10,16-4)24(34)6/h23-24H,13-22H2,1-12H3,(H,35,43)(H,36,44). The number of imide groups is 2. The monoisotopic (exact) mass is 616 g/mol. The van der Waals surface area contributed by atoms with Crippen molar-refractivity contribution in [3.8, 4) is 0 Å². The summed E-state index contributed by atoms with van der Waals surface area (Å²) in [4.78, 5) is 62.5. The zero-order valence-corrected chi connectivity index (χ0v) is 29.6. The summed E-state index contributed by atoms with van der Waals surface area (Å²) in [7, 11) is 4.29. The van der Waals surface area contributed by atoms with Crippen molar-refractivity contribution in [3.63, 3.8) is 0 Å². The number of rotatable bonds is 9. The molecule has 8 unspecified atom stereocenters. The molecule has 4 aliphatic rings. The Morgan fingerprint density at radius 2 is 0.932 bits per heavy atom. The number of hydrogen-bond donors (Lipinski definition) is 2. The Bertz CT molecular complexity index is 1110. The Hall–Kier alpha value is -2.20. The Kier molecular flexibility index (Phi) is 8.86. The molecule has 10 heteroatoms. The molecule has 0 aromatic rings. The molecule has 250 valence electrons. The van der Waals surface area contributed by atoms with Gasteiger partial charge >= 0.3 is 12.1 Å². The van der Waals surface area contributed by atoms with Crippen molar-refractivity contribution in [2.24, 2.45) is 11.8 Å². The van der Waals surface area contributed by atoms with Gasteiger partial charge in [0.15, 0.2) is 0 Å². The highest BCUT2D eigenvalue weighted by Gasteiger charge is 2.67. The maximum absolute atomic E-state index is 14.1. The number of urea groups is 2. The van der Waals surface area contributed by atoms with E-state index in [1.807, 2.05) is 0 Å². The summed E-state index contributed by atoms with van der Waals surface area (Å²) in [6.45, 7) is 22.1. The fraction of sp³-hybridized carbons (Fsp3) is 0.882. The Labute approximate surface area is 266 Å². The fourth-order valence-corrected chi connectivity index (χ4v) is 9.49. The van der Waals surface area contributed by atoms with E-state index in [9.17, 15) is 19.2 Å². The van der Waals surface area contributed by atoms with Crippen LogP contribution in [0.2, 0.25) is 0 Å². The lowest BCUT2D eigenvalue weighted by Crippen LogP contribution is -2.74. The van der Waals surface area contributed by atoms with Crippen LogP contribution in [0.1, 0.15) is 121 Å².